The molecule has 1 aliphatic rings. The number of hydrazine groups is 1. The number of anilines is 3. The average molecular weight is 472 g/mol. The van der Waals surface area contributed by atoms with Crippen molar-refractivity contribution < 1.29 is 13.6 Å². The number of nitrogens with one attached hydrogen (secondary N) is 2. The summed E-state index contributed by atoms with van der Waals surface area (Å²) in [7, 11) is 0. The van der Waals surface area contributed by atoms with Crippen LogP contribution in [0, 0.1) is 11.8 Å². The van der Waals surface area contributed by atoms with Crippen molar-refractivity contribution in [2.75, 3.05) is 22.7 Å². The second-order valence-corrected chi connectivity index (χ2v) is 8.00. The van der Waals surface area contributed by atoms with Crippen LogP contribution in [-0.2, 0) is 0 Å². The summed E-state index contributed by atoms with van der Waals surface area (Å²) in [5.74, 6) is -1.95. The number of rotatable bonds is 5. The lowest BCUT2D eigenvalue weighted by atomic mass is 9.90. The molecule has 33 heavy (non-hydrogen) atoms. The highest BCUT2D eigenvalue weighted by atomic mass is 35.5. The van der Waals surface area contributed by atoms with E-state index < -0.39 is 17.7 Å². The molecule has 1 amide bonds. The molecular formula is C22H20ClF2N7O. The van der Waals surface area contributed by atoms with Crippen molar-refractivity contribution in [3.05, 3.63) is 64.4 Å². The number of halogens is 3. The molecule has 2 aromatic heterocycles. The van der Waals surface area contributed by atoms with Crippen molar-refractivity contribution in [1.82, 2.24) is 15.4 Å². The molecule has 0 atom stereocenters. The Morgan fingerprint density at radius 3 is 2.67 bits per heavy atom. The lowest BCUT2D eigenvalue weighted by Crippen LogP contribution is -2.29. The maximum absolute atomic E-state index is 15.0. The molecule has 4 rings (SSSR count). The molecule has 1 aromatic carbocycles. The van der Waals surface area contributed by atoms with E-state index in [1.54, 1.807) is 6.21 Å². The third-order valence-electron chi connectivity index (χ3n) is 5.00. The Hall–Kier alpha value is -3.63. The van der Waals surface area contributed by atoms with Crippen LogP contribution in [0.2, 0.25) is 5.02 Å². The van der Waals surface area contributed by atoms with Crippen LogP contribution in [0.1, 0.15) is 35.7 Å². The van der Waals surface area contributed by atoms with Crippen molar-refractivity contribution in [3.63, 3.8) is 0 Å². The lowest BCUT2D eigenvalue weighted by molar-refractivity contribution is 0.102. The van der Waals surface area contributed by atoms with Crippen LogP contribution in [-0.4, -0.2) is 28.6 Å². The summed E-state index contributed by atoms with van der Waals surface area (Å²) in [4.78, 5) is 20.7. The highest BCUT2D eigenvalue weighted by Crippen LogP contribution is 2.34. The molecule has 0 spiro atoms. The van der Waals surface area contributed by atoms with E-state index in [1.165, 1.54) is 35.6 Å². The number of hydrogen-bond donors (Lipinski definition) is 3. The Bertz CT molecular complexity index is 1270. The zero-order valence-electron chi connectivity index (χ0n) is 17.7. The summed E-state index contributed by atoms with van der Waals surface area (Å²) in [5.41, 5.74) is 10.4. The molecule has 0 fully saturated rings. The van der Waals surface area contributed by atoms with E-state index in [0.717, 1.165) is 6.07 Å². The summed E-state index contributed by atoms with van der Waals surface area (Å²) in [6, 6.07) is 6.75. The van der Waals surface area contributed by atoms with Gasteiger partial charge in [0, 0.05) is 11.8 Å². The average Bonchev–Trinajstić information content (AvgIpc) is 3.28. The van der Waals surface area contributed by atoms with Crippen molar-refractivity contribution in [2.45, 2.75) is 19.8 Å². The molecule has 170 valence electrons. The second-order valence-electron chi connectivity index (χ2n) is 7.60. The van der Waals surface area contributed by atoms with E-state index in [1.807, 2.05) is 13.8 Å². The summed E-state index contributed by atoms with van der Waals surface area (Å²) < 4.78 is 28.4. The van der Waals surface area contributed by atoms with E-state index in [4.69, 9.17) is 17.3 Å². The quantitative estimate of drug-likeness (QED) is 0.477. The molecule has 0 aliphatic carbocycles. The topological polar surface area (TPSA) is 109 Å². The number of carbonyl (C=O) groups is 1. The van der Waals surface area contributed by atoms with Gasteiger partial charge in [0.1, 0.15) is 11.6 Å². The molecule has 8 nitrogen and oxygen atoms in total. The smallest absolute Gasteiger partial charge is 0.258 e. The van der Waals surface area contributed by atoms with E-state index in [2.05, 4.69) is 25.8 Å². The van der Waals surface area contributed by atoms with Crippen molar-refractivity contribution >= 4 is 41.0 Å². The van der Waals surface area contributed by atoms with Gasteiger partial charge in [-0.3, -0.25) is 4.79 Å². The first-order valence-corrected chi connectivity index (χ1v) is 10.4. The number of benzene rings is 1. The van der Waals surface area contributed by atoms with Crippen LogP contribution < -0.4 is 21.6 Å². The van der Waals surface area contributed by atoms with Crippen LogP contribution in [0.4, 0.5) is 26.1 Å². The first-order valence-electron chi connectivity index (χ1n) is 10.0. The molecule has 1 aliphatic heterocycles. The van der Waals surface area contributed by atoms with Gasteiger partial charge in [-0.25, -0.2) is 19.8 Å². The van der Waals surface area contributed by atoms with Crippen molar-refractivity contribution in [2.24, 2.45) is 5.10 Å². The number of carbonyl (C=O) groups excluding carboxylic acids is 1. The van der Waals surface area contributed by atoms with Gasteiger partial charge in [-0.1, -0.05) is 25.4 Å². The van der Waals surface area contributed by atoms with Gasteiger partial charge in [-0.05, 0) is 47.4 Å². The molecule has 11 heteroatoms. The SMILES string of the molecule is CC(C)c1cc(C(=O)Nc2cnc(N3N=CCN3)c(Cl)c2)c(F)cc1-c1ccc(F)nc1N. The van der Waals surface area contributed by atoms with Gasteiger partial charge < -0.3 is 11.1 Å². The molecule has 0 unspecified atom stereocenters. The van der Waals surface area contributed by atoms with Gasteiger partial charge in [0.05, 0.1) is 29.0 Å². The molecule has 3 aromatic rings. The number of aromatic nitrogens is 2. The zero-order chi connectivity index (χ0) is 23.7. The number of hydrazone groups is 1. The molecule has 0 radical (unpaired) electrons. The minimum absolute atomic E-state index is 0.0638. The van der Waals surface area contributed by atoms with Crippen molar-refractivity contribution in [1.29, 1.82) is 0 Å². The van der Waals surface area contributed by atoms with Gasteiger partial charge in [0.15, 0.2) is 5.82 Å². The van der Waals surface area contributed by atoms with Gasteiger partial charge in [0.25, 0.3) is 5.91 Å². The molecular weight excluding hydrogens is 452 g/mol. The normalized spacial score (nSPS) is 13.1. The summed E-state index contributed by atoms with van der Waals surface area (Å²) in [5, 5.41) is 8.34. The van der Waals surface area contributed by atoms with Gasteiger partial charge in [0.2, 0.25) is 5.95 Å². The Morgan fingerprint density at radius 2 is 2.03 bits per heavy atom. The van der Waals surface area contributed by atoms with E-state index in [0.29, 0.717) is 34.7 Å². The van der Waals surface area contributed by atoms with Crippen LogP contribution >= 0.6 is 11.6 Å². The van der Waals surface area contributed by atoms with Crippen LogP contribution in [0.3, 0.4) is 0 Å². The van der Waals surface area contributed by atoms with Gasteiger partial charge in [-0.15, -0.1) is 0 Å². The van der Waals surface area contributed by atoms with E-state index in [9.17, 15) is 9.18 Å². The fraction of sp³-hybridized carbons (Fsp3) is 0.182. The summed E-state index contributed by atoms with van der Waals surface area (Å²) >= 11 is 6.26. The number of hydrogen-bond acceptors (Lipinski definition) is 7. The minimum atomic E-state index is -0.762. The fourth-order valence-electron chi connectivity index (χ4n) is 3.43. The number of amides is 1. The van der Waals surface area contributed by atoms with Crippen molar-refractivity contribution in [3.8, 4) is 11.1 Å². The Morgan fingerprint density at radius 1 is 1.24 bits per heavy atom. The third kappa shape index (κ3) is 4.62. The molecule has 0 saturated carbocycles. The van der Waals surface area contributed by atoms with Crippen LogP contribution in [0.15, 0.2) is 41.6 Å². The predicted octanol–water partition coefficient (Wildman–Crippen LogP) is 4.34. The van der Waals surface area contributed by atoms with E-state index in [-0.39, 0.29) is 22.3 Å². The third-order valence-corrected chi connectivity index (χ3v) is 5.27. The minimum Gasteiger partial charge on any atom is -0.383 e. The van der Waals surface area contributed by atoms with Crippen LogP contribution in [0.5, 0.6) is 0 Å². The number of nitrogens with two attached hydrogens (primary N) is 1. The molecule has 0 saturated heterocycles. The second kappa shape index (κ2) is 9.08. The summed E-state index contributed by atoms with van der Waals surface area (Å²) in [6.07, 6.45) is 3.05. The van der Waals surface area contributed by atoms with Gasteiger partial charge in [-0.2, -0.15) is 14.6 Å². The number of pyridine rings is 2. The largest absolute Gasteiger partial charge is 0.383 e. The maximum atomic E-state index is 15.0. The Labute approximate surface area is 193 Å². The predicted molar refractivity (Wildman–Crippen MR) is 124 cm³/mol. The van der Waals surface area contributed by atoms with Crippen LogP contribution in [0.25, 0.3) is 11.1 Å². The first kappa shape index (κ1) is 22.6. The number of nitrogens with zero attached hydrogens (tertiary/aromatic N) is 4. The molecule has 0 bridgehead atoms. The monoisotopic (exact) mass is 471 g/mol. The first-order chi connectivity index (χ1) is 15.7. The lowest BCUT2D eigenvalue weighted by Gasteiger charge is -2.17. The number of nitrogen functional groups attached to an aromatic ring is 1. The molecule has 4 N–H and O–H groups in total. The summed E-state index contributed by atoms with van der Waals surface area (Å²) in [6.45, 7) is 4.33. The van der Waals surface area contributed by atoms with Gasteiger partial charge >= 0.3 is 0 Å². The fourth-order valence-corrected chi connectivity index (χ4v) is 3.67. The Balaban J connectivity index is 1.65. The Kier molecular flexibility index (Phi) is 6.21. The highest BCUT2D eigenvalue weighted by Gasteiger charge is 2.21. The van der Waals surface area contributed by atoms with E-state index >= 15 is 4.39 Å². The molecule has 3 heterocycles. The highest BCUT2D eigenvalue weighted by molar-refractivity contribution is 6.33. The zero-order valence-corrected chi connectivity index (χ0v) is 18.5. The standard InChI is InChI=1S/C22H20ClF2N7O/c1-11(2)14-8-16(18(24)9-15(14)13-3-4-19(25)31-20(13)26)22(33)30-12-7-17(23)21(27-10-12)32-28-5-6-29-32/h3-5,7-11,29H,6H2,1-2H3,(H2,26,31)(H,30,33). The maximum Gasteiger partial charge on any atom is 0.258 e.